The van der Waals surface area contributed by atoms with Gasteiger partial charge in [0, 0.05) is 0 Å². The summed E-state index contributed by atoms with van der Waals surface area (Å²) in [6.45, 7) is 5.12. The molecule has 0 aliphatic heterocycles. The molecule has 0 fully saturated rings. The maximum Gasteiger partial charge on any atom is 0.296 e. The number of nitrogens with zero attached hydrogens (tertiary/aromatic N) is 3. The molecule has 0 bridgehead atoms. The van der Waals surface area contributed by atoms with E-state index in [0.29, 0.717) is 23.0 Å². The highest BCUT2D eigenvalue weighted by molar-refractivity contribution is 7.86. The van der Waals surface area contributed by atoms with E-state index in [0.717, 1.165) is 12.1 Å². The Morgan fingerprint density at radius 3 is 2.00 bits per heavy atom. The van der Waals surface area contributed by atoms with Gasteiger partial charge in [0.2, 0.25) is 0 Å². The van der Waals surface area contributed by atoms with Crippen molar-refractivity contribution in [3.05, 3.63) is 42.0 Å². The van der Waals surface area contributed by atoms with E-state index in [1.807, 2.05) is 0 Å². The lowest BCUT2D eigenvalue weighted by Crippen LogP contribution is -2.03. The minimum Gasteiger partial charge on any atom is -0.282 e. The van der Waals surface area contributed by atoms with Crippen LogP contribution < -0.4 is 0 Å². The Kier molecular flexibility index (Phi) is 5.13. The molecule has 132 valence electrons. The average molecular weight is 383 g/mol. The molecule has 2 N–H and O–H groups in total. The maximum absolute atomic E-state index is 11.5. The summed E-state index contributed by atoms with van der Waals surface area (Å²) >= 11 is 0. The van der Waals surface area contributed by atoms with Crippen molar-refractivity contribution in [1.29, 1.82) is 0 Å². The van der Waals surface area contributed by atoms with Crippen LogP contribution in [-0.2, 0) is 20.2 Å². The third kappa shape index (κ3) is 4.54. The lowest BCUT2D eigenvalue weighted by Gasteiger charge is -2.05. The van der Waals surface area contributed by atoms with E-state index in [2.05, 4.69) is 21.9 Å². The van der Waals surface area contributed by atoms with Gasteiger partial charge < -0.3 is 0 Å². The van der Waals surface area contributed by atoms with E-state index in [9.17, 15) is 21.4 Å². The van der Waals surface area contributed by atoms with Gasteiger partial charge in [-0.1, -0.05) is 0 Å². The van der Waals surface area contributed by atoms with Gasteiger partial charge in [-0.25, -0.2) is 0 Å². The van der Waals surface area contributed by atoms with Crippen molar-refractivity contribution in [3.63, 3.8) is 0 Å². The van der Waals surface area contributed by atoms with Crippen LogP contribution in [0.1, 0.15) is 5.56 Å². The third-order valence-corrected chi connectivity index (χ3v) is 4.87. The van der Waals surface area contributed by atoms with E-state index < -0.39 is 30.0 Å². The summed E-state index contributed by atoms with van der Waals surface area (Å²) in [4.78, 5) is 2.26. The first-order chi connectivity index (χ1) is 11.5. The van der Waals surface area contributed by atoms with Gasteiger partial charge in [0.1, 0.15) is 10.6 Å². The fraction of sp³-hybridized carbons (Fsp3) is 0.0714. The van der Waals surface area contributed by atoms with Crippen LogP contribution in [0.2, 0.25) is 0 Å². The van der Waals surface area contributed by atoms with Crippen molar-refractivity contribution in [2.75, 3.05) is 0 Å². The predicted molar refractivity (Wildman–Crippen MR) is 90.6 cm³/mol. The van der Waals surface area contributed by atoms with Crippen LogP contribution >= 0.6 is 0 Å². The van der Waals surface area contributed by atoms with Crippen LogP contribution in [0.5, 0.6) is 0 Å². The number of aliphatic imine (C=N–C) groups is 1. The first-order valence-corrected chi connectivity index (χ1v) is 9.48. The Morgan fingerprint density at radius 2 is 1.48 bits per heavy atom. The second kappa shape index (κ2) is 6.80. The molecule has 0 spiro atoms. The fourth-order valence-electron chi connectivity index (χ4n) is 1.90. The first-order valence-electron chi connectivity index (χ1n) is 6.60. The highest BCUT2D eigenvalue weighted by Gasteiger charge is 2.20. The quantitative estimate of drug-likeness (QED) is 0.460. The van der Waals surface area contributed by atoms with Gasteiger partial charge in [-0.2, -0.15) is 21.9 Å². The predicted octanol–water partition coefficient (Wildman–Crippen LogP) is 3.24. The highest BCUT2D eigenvalue weighted by Crippen LogP contribution is 2.30. The van der Waals surface area contributed by atoms with Crippen molar-refractivity contribution in [3.8, 4) is 0 Å². The first kappa shape index (κ1) is 18.9. The number of benzene rings is 2. The van der Waals surface area contributed by atoms with Gasteiger partial charge in [-0.15, -0.1) is 5.11 Å². The van der Waals surface area contributed by atoms with Crippen molar-refractivity contribution in [2.45, 2.75) is 16.7 Å². The number of azo groups is 1. The van der Waals surface area contributed by atoms with Crippen LogP contribution in [0.25, 0.3) is 0 Å². The molecule has 11 heteroatoms. The average Bonchev–Trinajstić information content (AvgIpc) is 2.51. The Bertz CT molecular complexity index is 1080. The third-order valence-electron chi connectivity index (χ3n) is 3.14. The minimum absolute atomic E-state index is 0.291. The van der Waals surface area contributed by atoms with Crippen LogP contribution in [0.15, 0.2) is 61.4 Å². The van der Waals surface area contributed by atoms with Gasteiger partial charge >= 0.3 is 0 Å². The monoisotopic (exact) mass is 383 g/mol. The van der Waals surface area contributed by atoms with E-state index >= 15 is 0 Å². The molecule has 0 saturated carbocycles. The van der Waals surface area contributed by atoms with Gasteiger partial charge in [0.25, 0.3) is 20.2 Å². The maximum atomic E-state index is 11.5. The van der Waals surface area contributed by atoms with Crippen molar-refractivity contribution >= 4 is 44.0 Å². The molecule has 0 aliphatic rings. The van der Waals surface area contributed by atoms with Gasteiger partial charge in [-0.05, 0) is 55.6 Å². The summed E-state index contributed by atoms with van der Waals surface area (Å²) in [5.41, 5.74) is 1.43. The normalized spacial score (nSPS) is 12.4. The smallest absolute Gasteiger partial charge is 0.282 e. The van der Waals surface area contributed by atoms with Gasteiger partial charge in [0.05, 0.1) is 16.3 Å². The minimum atomic E-state index is -4.79. The van der Waals surface area contributed by atoms with Crippen LogP contribution in [-0.4, -0.2) is 32.7 Å². The fourth-order valence-corrected chi connectivity index (χ4v) is 3.13. The van der Waals surface area contributed by atoms with Crippen molar-refractivity contribution < 1.29 is 25.9 Å². The van der Waals surface area contributed by atoms with E-state index in [1.54, 1.807) is 25.1 Å². The van der Waals surface area contributed by atoms with Crippen molar-refractivity contribution in [1.82, 2.24) is 0 Å². The zero-order valence-corrected chi connectivity index (χ0v) is 14.5. The second-order valence-corrected chi connectivity index (χ2v) is 7.72. The standard InChI is InChI=1S/C14H13N3O6S2/c1-9-7-10(15-2)3-5-12(9)16-17-13-6-4-11(24(18,19)20)8-14(13)25(21,22)23/h3-8H,2H2,1H3,(H,18,19,20)(H,21,22,23). The molecule has 2 aromatic carbocycles. The van der Waals surface area contributed by atoms with E-state index in [-0.39, 0.29) is 5.69 Å². The number of hydrogen-bond acceptors (Lipinski definition) is 7. The molecule has 0 amide bonds. The highest BCUT2D eigenvalue weighted by atomic mass is 32.2. The Morgan fingerprint density at radius 1 is 0.880 bits per heavy atom. The number of rotatable bonds is 5. The molecule has 0 aliphatic carbocycles. The molecular weight excluding hydrogens is 370 g/mol. The molecule has 25 heavy (non-hydrogen) atoms. The Balaban J connectivity index is 2.54. The Hall–Kier alpha value is -2.47. The topological polar surface area (TPSA) is 146 Å². The lowest BCUT2D eigenvalue weighted by molar-refractivity contribution is 0.481. The van der Waals surface area contributed by atoms with Crippen LogP contribution in [0.3, 0.4) is 0 Å². The van der Waals surface area contributed by atoms with Crippen LogP contribution in [0.4, 0.5) is 17.1 Å². The second-order valence-electron chi connectivity index (χ2n) is 4.91. The van der Waals surface area contributed by atoms with Crippen LogP contribution in [0, 0.1) is 6.92 Å². The summed E-state index contributed by atoms with van der Waals surface area (Å²) in [5.74, 6) is 0. The molecular formula is C14H13N3O6S2. The lowest BCUT2D eigenvalue weighted by atomic mass is 10.2. The Labute approximate surface area is 144 Å². The molecule has 2 aromatic rings. The van der Waals surface area contributed by atoms with E-state index in [1.165, 1.54) is 0 Å². The number of hydrogen-bond donors (Lipinski definition) is 2. The van der Waals surface area contributed by atoms with Crippen molar-refractivity contribution in [2.24, 2.45) is 15.2 Å². The van der Waals surface area contributed by atoms with Gasteiger partial charge in [-0.3, -0.25) is 14.1 Å². The zero-order chi connectivity index (χ0) is 18.8. The van der Waals surface area contributed by atoms with E-state index in [4.69, 9.17) is 4.55 Å². The molecule has 0 saturated heterocycles. The summed E-state index contributed by atoms with van der Waals surface area (Å²) in [6, 6.07) is 7.44. The summed E-state index contributed by atoms with van der Waals surface area (Å²) in [7, 11) is -9.44. The molecule has 0 unspecified atom stereocenters. The SMILES string of the molecule is C=Nc1ccc(N=Nc2ccc(S(=O)(=O)O)cc2S(=O)(=O)O)c(C)c1. The molecule has 0 radical (unpaired) electrons. The van der Waals surface area contributed by atoms with Gasteiger partial charge in [0.15, 0.2) is 0 Å². The molecule has 0 aromatic heterocycles. The molecule has 9 nitrogen and oxygen atoms in total. The summed E-state index contributed by atoms with van der Waals surface area (Å²) in [6.07, 6.45) is 0. The number of aryl methyl sites for hydroxylation is 1. The largest absolute Gasteiger partial charge is 0.296 e. The summed E-state index contributed by atoms with van der Waals surface area (Å²) in [5, 5.41) is 7.64. The molecule has 0 atom stereocenters. The molecule has 2 rings (SSSR count). The molecule has 0 heterocycles. The summed E-state index contributed by atoms with van der Waals surface area (Å²) < 4.78 is 63.4. The zero-order valence-electron chi connectivity index (χ0n) is 12.9.